The van der Waals surface area contributed by atoms with Gasteiger partial charge in [-0.3, -0.25) is 38.4 Å². The average molecular weight is 1930 g/mol. The molecule has 8 aromatic heterocycles. The van der Waals surface area contributed by atoms with Gasteiger partial charge in [0.15, 0.2) is 20.0 Å². The van der Waals surface area contributed by atoms with E-state index in [1.807, 2.05) is 99.3 Å². The number of halogens is 1. The smallest absolute Gasteiger partial charge is 0.283 e. The molecular formula is C98H133FN20O12S4. The van der Waals surface area contributed by atoms with Crippen LogP contribution < -0.4 is 31.9 Å². The number of carbonyl (C=O) groups excluding carboxylic acids is 8. The van der Waals surface area contributed by atoms with Gasteiger partial charge in [-0.05, 0) is 262 Å². The lowest BCUT2D eigenvalue weighted by molar-refractivity contribution is -0.176. The largest absolute Gasteiger partial charge is 0.393 e. The van der Waals surface area contributed by atoms with Crippen molar-refractivity contribution in [2.45, 2.75) is 292 Å². The summed E-state index contributed by atoms with van der Waals surface area (Å²) < 4.78 is 24.5. The number of hydrogen-bond donors (Lipinski definition) is 8. The number of β-amino-alcohol motifs (C(OH)–C–C–N with tert-alkyl or cyclic N) is 1. The van der Waals surface area contributed by atoms with Crippen molar-refractivity contribution in [1.82, 2.24) is 79.9 Å². The van der Waals surface area contributed by atoms with Crippen LogP contribution in [0, 0.1) is 33.1 Å². The molecule has 37 heteroatoms. The van der Waals surface area contributed by atoms with Gasteiger partial charge in [-0.25, -0.2) is 44.3 Å². The molecule has 17 rings (SSSR count). The molecule has 1 saturated carbocycles. The summed E-state index contributed by atoms with van der Waals surface area (Å²) >= 11 is 4.91. The molecule has 0 unspecified atom stereocenters. The normalized spacial score (nSPS) is 22.0. The van der Waals surface area contributed by atoms with Crippen molar-refractivity contribution in [3.05, 3.63) is 114 Å². The Morgan fingerprint density at radius 3 is 0.993 bits per heavy atom. The van der Waals surface area contributed by atoms with Gasteiger partial charge in [0.25, 0.3) is 47.3 Å². The number of aromatic nitrogens is 8. The number of nitrogens with one attached hydrogen (secondary N) is 6. The van der Waals surface area contributed by atoms with Crippen molar-refractivity contribution >= 4 is 116 Å². The van der Waals surface area contributed by atoms with Crippen LogP contribution in [0.1, 0.15) is 291 Å². The zero-order chi connectivity index (χ0) is 97.4. The molecule has 9 aliphatic rings. The van der Waals surface area contributed by atoms with Crippen molar-refractivity contribution in [2.24, 2.45) is 5.41 Å². The first-order valence-corrected chi connectivity index (χ1v) is 50.5. The summed E-state index contributed by atoms with van der Waals surface area (Å²) in [6.45, 7) is 47.4. The molecule has 8 amide bonds. The summed E-state index contributed by atoms with van der Waals surface area (Å²) in [5.74, 6) is 1.33. The molecule has 8 N–H and O–H groups in total. The second-order valence-electron chi connectivity index (χ2n) is 41.9. The van der Waals surface area contributed by atoms with Crippen LogP contribution in [0.15, 0.2) is 49.1 Å². The van der Waals surface area contributed by atoms with Crippen LogP contribution in [-0.2, 0) is 9.47 Å². The second-order valence-corrected chi connectivity index (χ2v) is 45.9. The molecule has 0 bridgehead atoms. The van der Waals surface area contributed by atoms with E-state index in [4.69, 9.17) is 9.47 Å². The SMILES string of the molecule is Cc1cc(NC(C)(C)C)ncc1-c1sc(C(=O)N2CC3(COC3)C2)nc1C(=O)N1CCC[C@@H]1C.Cc1cc(NC(C)(C)C)ncc1-c1sc(C(=O)N2C[C@@H](O)[C@H](F)C2)nc1C(=O)N1CCC[C@@H]1C.Cc1cc(NC(C)(C)C)ncc1-c1sc(C(=O)N[C@@H]2CCOC2)nc1C(=O)N1CCC[C@@H]1C.Cc1cc(NC(C)(C)C)ncc1-c1sc(C(=O)N[C@H]2CC[C@@H](O)C2)nc1C(=O)N1CCC[C@@H]1C. The van der Waals surface area contributed by atoms with E-state index in [1.54, 1.807) is 29.7 Å². The molecule has 1 aliphatic carbocycles. The number of pyridine rings is 4. The Kier molecular flexibility index (Phi) is 30.8. The molecule has 0 radical (unpaired) electrons. The third-order valence-corrected chi connectivity index (χ3v) is 29.8. The van der Waals surface area contributed by atoms with Crippen LogP contribution in [0.3, 0.4) is 0 Å². The van der Waals surface area contributed by atoms with Gasteiger partial charge in [0.1, 0.15) is 58.3 Å². The third kappa shape index (κ3) is 24.2. The second kappa shape index (κ2) is 41.3. The Bertz CT molecular complexity index is 5700. The van der Waals surface area contributed by atoms with E-state index in [2.05, 4.69) is 155 Å². The summed E-state index contributed by atoms with van der Waals surface area (Å²) in [5, 5.41) is 40.0. The maximum atomic E-state index is 13.8. The van der Waals surface area contributed by atoms with Crippen LogP contribution in [0.4, 0.5) is 27.7 Å². The Morgan fingerprint density at radius 2 is 0.733 bits per heavy atom. The maximum Gasteiger partial charge on any atom is 0.283 e. The molecule has 8 aliphatic heterocycles. The zero-order valence-corrected chi connectivity index (χ0v) is 84.8. The predicted octanol–water partition coefficient (Wildman–Crippen LogP) is 15.2. The number of alkyl halides is 1. The summed E-state index contributed by atoms with van der Waals surface area (Å²) in [4.78, 5) is 156. The molecule has 8 aromatic rings. The van der Waals surface area contributed by atoms with Gasteiger partial charge < -0.3 is 81.0 Å². The number of rotatable bonds is 18. The number of likely N-dealkylation sites (tertiary alicyclic amines) is 6. The van der Waals surface area contributed by atoms with E-state index in [-0.39, 0.29) is 140 Å². The van der Waals surface area contributed by atoms with E-state index in [1.165, 1.54) is 38.9 Å². The summed E-state index contributed by atoms with van der Waals surface area (Å²) in [6.07, 6.45) is 14.5. The van der Waals surface area contributed by atoms with E-state index in [0.29, 0.717) is 101 Å². The zero-order valence-electron chi connectivity index (χ0n) is 81.5. The summed E-state index contributed by atoms with van der Waals surface area (Å²) in [6, 6.07) is 8.34. The van der Waals surface area contributed by atoms with Gasteiger partial charge in [-0.15, -0.1) is 45.3 Å². The highest BCUT2D eigenvalue weighted by Gasteiger charge is 2.52. The lowest BCUT2D eigenvalue weighted by atomic mass is 9.78. The highest BCUT2D eigenvalue weighted by Crippen LogP contribution is 2.44. The van der Waals surface area contributed by atoms with Gasteiger partial charge >= 0.3 is 0 Å². The minimum absolute atomic E-state index is 0.0197. The summed E-state index contributed by atoms with van der Waals surface area (Å²) in [7, 11) is 0. The van der Waals surface area contributed by atoms with Gasteiger partial charge in [-0.1, -0.05) is 0 Å². The van der Waals surface area contributed by atoms with Crippen molar-refractivity contribution < 1.29 is 62.4 Å². The van der Waals surface area contributed by atoms with Crippen molar-refractivity contribution in [3.63, 3.8) is 0 Å². The number of aryl methyl sites for hydroxylation is 4. The number of anilines is 4. The fourth-order valence-corrected chi connectivity index (χ4v) is 22.6. The monoisotopic (exact) mass is 1930 g/mol. The van der Waals surface area contributed by atoms with E-state index in [0.717, 1.165) is 168 Å². The predicted molar refractivity (Wildman–Crippen MR) is 527 cm³/mol. The van der Waals surface area contributed by atoms with Gasteiger partial charge in [0, 0.05) is 145 Å². The first-order chi connectivity index (χ1) is 63.6. The molecular weight excluding hydrogens is 1800 g/mol. The molecule has 32 nitrogen and oxygen atoms in total. The van der Waals surface area contributed by atoms with Crippen molar-refractivity contribution in [1.29, 1.82) is 0 Å². The first-order valence-electron chi connectivity index (χ1n) is 47.3. The van der Waals surface area contributed by atoms with Crippen LogP contribution >= 0.6 is 45.3 Å². The third-order valence-electron chi connectivity index (χ3n) is 25.4. The molecule has 135 heavy (non-hydrogen) atoms. The van der Waals surface area contributed by atoms with E-state index in [9.17, 15) is 53.0 Å². The molecule has 728 valence electrons. The highest BCUT2D eigenvalue weighted by atomic mass is 32.1. The van der Waals surface area contributed by atoms with Crippen molar-refractivity contribution in [2.75, 3.05) is 100 Å². The fraction of sp³-hybridized carbons (Fsp3) is 0.592. The number of hydrogen-bond acceptors (Lipinski definition) is 28. The minimum Gasteiger partial charge on any atom is -0.393 e. The summed E-state index contributed by atoms with van der Waals surface area (Å²) in [5.41, 5.74) is 7.88. The molecule has 8 saturated heterocycles. The number of thiazole rings is 4. The lowest BCUT2D eigenvalue weighted by Gasteiger charge is -2.54. The van der Waals surface area contributed by atoms with E-state index < -0.39 is 18.2 Å². The molecule has 0 aromatic carbocycles. The van der Waals surface area contributed by atoms with Crippen molar-refractivity contribution in [3.8, 4) is 41.8 Å². The number of ether oxygens (including phenoxy) is 2. The molecule has 16 heterocycles. The highest BCUT2D eigenvalue weighted by molar-refractivity contribution is 7.18. The Labute approximate surface area is 806 Å². The van der Waals surface area contributed by atoms with Crippen LogP contribution in [-0.4, -0.2) is 282 Å². The first kappa shape index (κ1) is 101. The number of aliphatic hydroxyl groups excluding tert-OH is 2. The quantitative estimate of drug-likeness (QED) is 0.0395. The number of nitrogens with zero attached hydrogens (tertiary/aromatic N) is 14. The molecule has 9 atom stereocenters. The van der Waals surface area contributed by atoms with Gasteiger partial charge in [0.05, 0.1) is 70.0 Å². The molecule has 9 fully saturated rings. The number of amides is 8. The minimum atomic E-state index is -1.48. The fourth-order valence-electron chi connectivity index (χ4n) is 18.3. The van der Waals surface area contributed by atoms with Crippen LogP contribution in [0.25, 0.3) is 41.8 Å². The topological polar surface area (TPSA) is 390 Å². The lowest BCUT2D eigenvalue weighted by Crippen LogP contribution is -2.67. The van der Waals surface area contributed by atoms with Crippen LogP contribution in [0.2, 0.25) is 0 Å². The van der Waals surface area contributed by atoms with E-state index >= 15 is 0 Å². The van der Waals surface area contributed by atoms with Gasteiger partial charge in [0.2, 0.25) is 0 Å². The number of aliphatic hydroxyl groups is 2. The Hall–Kier alpha value is -10.2. The Morgan fingerprint density at radius 1 is 0.415 bits per heavy atom. The van der Waals surface area contributed by atoms with Crippen LogP contribution in [0.5, 0.6) is 0 Å². The standard InChI is InChI=1S/C25H33N5O3S.C25H35N5O3S.C24H32FN5O3S.C24H33N5O3S/c1-15-9-18(28-24(3,4)5)26-10-17(15)20-19(22(31)30-8-6-7-16(30)2)27-21(34-20)23(32)29-11-25(12-29)13-33-14-25;1-14-11-19(29-25(3,4)5)26-13-18(14)21-20(24(33)30-10-6-7-15(30)2)28-23(34-21)22(32)27-16-8-9-17(31)12-16;1-13-9-18(28-24(3,4)5)26-10-15(13)20-19(22(32)30-8-6-7-14(30)2)27-21(34-20)23(33)29-11-16(25)17(31)12-29;1-14-11-18(28-24(3,4)5)25-12-17(14)20-19(23(31)29-9-6-7-15(29)2)27-22(33-20)21(30)26-16-8-10-32-13-16/h9-10,16H,6-8,11-14H2,1-5H3,(H,26,28);11,13,15-17,31H,6-10,12H2,1-5H3,(H,26,29)(H,27,32);9-10,14,16-17,31H,6-8,11-12H2,1-5H3,(H,26,28);11-12,15-16H,6-10,13H2,1-5H3,(H,25,28)(H,26,30)/t16-;15-,16-,17+;14-,16+,17+;15-,16+/m0000/s1. The number of carbonyl (C=O) groups is 8. The average Bonchev–Trinajstić information content (AvgIpc) is 1.63. The molecule has 1 spiro atoms. The Balaban J connectivity index is 0.000000144. The maximum absolute atomic E-state index is 13.8. The van der Waals surface area contributed by atoms with Gasteiger partial charge in [-0.2, -0.15) is 0 Å².